The van der Waals surface area contributed by atoms with Crippen LogP contribution in [0.4, 0.5) is 4.39 Å². The Bertz CT molecular complexity index is 418. The van der Waals surface area contributed by atoms with Gasteiger partial charge in [-0.1, -0.05) is 22.8 Å². The molecule has 1 heterocycles. The van der Waals surface area contributed by atoms with Crippen LogP contribution in [0.15, 0.2) is 23.3 Å². The number of hydrogen-bond acceptors (Lipinski definition) is 2. The Hall–Kier alpha value is -1.29. The molecule has 0 saturated carbocycles. The van der Waals surface area contributed by atoms with Gasteiger partial charge in [0.1, 0.15) is 5.82 Å². The minimum Gasteiger partial charge on any atom is -0.298 e. The lowest BCUT2D eigenvalue weighted by molar-refractivity contribution is 0.141. The molecule has 0 radical (unpaired) electrons. The van der Waals surface area contributed by atoms with Gasteiger partial charge in [0, 0.05) is 35.1 Å². The molecule has 1 aliphatic heterocycles. The molecule has 16 heavy (non-hydrogen) atoms. The van der Waals surface area contributed by atoms with Gasteiger partial charge in [-0.25, -0.2) is 4.39 Å². The van der Waals surface area contributed by atoms with Crippen LogP contribution >= 0.6 is 11.6 Å². The third-order valence-electron chi connectivity index (χ3n) is 2.60. The van der Waals surface area contributed by atoms with Gasteiger partial charge in [0.15, 0.2) is 0 Å². The van der Waals surface area contributed by atoms with Crippen molar-refractivity contribution in [2.45, 2.75) is 12.6 Å². The molecule has 0 atom stereocenters. The van der Waals surface area contributed by atoms with Crippen molar-refractivity contribution in [2.24, 2.45) is 5.11 Å². The molecule has 4 nitrogen and oxygen atoms in total. The minimum absolute atomic E-state index is 0.00977. The number of halogens is 2. The Kier molecular flexibility index (Phi) is 3.29. The predicted molar refractivity (Wildman–Crippen MR) is 59.6 cm³/mol. The predicted octanol–water partition coefficient (Wildman–Crippen LogP) is 2.97. The highest BCUT2D eigenvalue weighted by atomic mass is 35.5. The summed E-state index contributed by atoms with van der Waals surface area (Å²) in [6.45, 7) is 1.78. The van der Waals surface area contributed by atoms with E-state index in [9.17, 15) is 4.39 Å². The first-order valence-electron chi connectivity index (χ1n) is 4.90. The van der Waals surface area contributed by atoms with Crippen molar-refractivity contribution in [1.82, 2.24) is 4.90 Å². The first-order valence-corrected chi connectivity index (χ1v) is 5.28. The number of benzene rings is 1. The zero-order valence-corrected chi connectivity index (χ0v) is 9.23. The van der Waals surface area contributed by atoms with E-state index >= 15 is 0 Å². The molecular weight excluding hydrogens is 231 g/mol. The fourth-order valence-corrected chi connectivity index (χ4v) is 1.95. The molecule has 1 aliphatic rings. The van der Waals surface area contributed by atoms with Crippen molar-refractivity contribution in [3.05, 3.63) is 45.0 Å². The third-order valence-corrected chi connectivity index (χ3v) is 2.95. The summed E-state index contributed by atoms with van der Waals surface area (Å²) in [6, 6.07) is 4.66. The van der Waals surface area contributed by atoms with Gasteiger partial charge in [-0.15, -0.1) is 0 Å². The van der Waals surface area contributed by atoms with Gasteiger partial charge in [-0.05, 0) is 17.7 Å². The summed E-state index contributed by atoms with van der Waals surface area (Å²) in [5.41, 5.74) is 8.73. The van der Waals surface area contributed by atoms with E-state index in [1.54, 1.807) is 12.1 Å². The second-order valence-corrected chi connectivity index (χ2v) is 4.16. The normalized spacial score (nSPS) is 16.6. The first kappa shape index (κ1) is 11.2. The summed E-state index contributed by atoms with van der Waals surface area (Å²) < 4.78 is 13.4. The van der Waals surface area contributed by atoms with Gasteiger partial charge in [-0.2, -0.15) is 0 Å². The van der Waals surface area contributed by atoms with Crippen molar-refractivity contribution in [2.75, 3.05) is 13.1 Å². The Morgan fingerprint density at radius 3 is 2.94 bits per heavy atom. The lowest BCUT2D eigenvalue weighted by Gasteiger charge is -2.36. The Morgan fingerprint density at radius 1 is 1.56 bits per heavy atom. The van der Waals surface area contributed by atoms with Crippen molar-refractivity contribution in [3.8, 4) is 0 Å². The van der Waals surface area contributed by atoms with Crippen LogP contribution in [0.3, 0.4) is 0 Å². The van der Waals surface area contributed by atoms with E-state index in [0.717, 1.165) is 0 Å². The van der Waals surface area contributed by atoms with Gasteiger partial charge >= 0.3 is 0 Å². The second kappa shape index (κ2) is 4.70. The summed E-state index contributed by atoms with van der Waals surface area (Å²) in [5.74, 6) is -0.292. The molecule has 0 unspecified atom stereocenters. The smallest absolute Gasteiger partial charge is 0.129 e. The maximum atomic E-state index is 13.4. The molecule has 1 aromatic carbocycles. The molecular formula is C10H10ClFN4. The van der Waals surface area contributed by atoms with Gasteiger partial charge in [0.05, 0.1) is 6.04 Å². The highest BCUT2D eigenvalue weighted by Gasteiger charge is 2.26. The lowest BCUT2D eigenvalue weighted by Crippen LogP contribution is -2.48. The number of azide groups is 1. The molecule has 0 aliphatic carbocycles. The van der Waals surface area contributed by atoms with Crippen LogP contribution in [-0.2, 0) is 6.54 Å². The molecule has 0 amide bonds. The van der Waals surface area contributed by atoms with Gasteiger partial charge in [-0.3, -0.25) is 4.90 Å². The van der Waals surface area contributed by atoms with E-state index in [1.165, 1.54) is 6.07 Å². The minimum atomic E-state index is -0.292. The lowest BCUT2D eigenvalue weighted by atomic mass is 10.1. The van der Waals surface area contributed by atoms with Gasteiger partial charge < -0.3 is 0 Å². The van der Waals surface area contributed by atoms with Crippen molar-refractivity contribution in [3.63, 3.8) is 0 Å². The topological polar surface area (TPSA) is 52.0 Å². The zero-order valence-electron chi connectivity index (χ0n) is 8.48. The van der Waals surface area contributed by atoms with Crippen LogP contribution in [0.25, 0.3) is 10.4 Å². The number of rotatable bonds is 3. The summed E-state index contributed by atoms with van der Waals surface area (Å²) in [4.78, 5) is 4.72. The Morgan fingerprint density at radius 2 is 2.31 bits per heavy atom. The molecule has 84 valence electrons. The SMILES string of the molecule is [N-]=[N+]=NC1CN(Cc2c(F)cccc2Cl)C1. The molecule has 2 rings (SSSR count). The fourth-order valence-electron chi connectivity index (χ4n) is 1.72. The zero-order chi connectivity index (χ0) is 11.5. The number of likely N-dealkylation sites (tertiary alicyclic amines) is 1. The summed E-state index contributed by atoms with van der Waals surface area (Å²) in [6.07, 6.45) is 0. The summed E-state index contributed by atoms with van der Waals surface area (Å²) >= 11 is 5.90. The molecule has 1 fully saturated rings. The average Bonchev–Trinajstić information content (AvgIpc) is 2.19. The van der Waals surface area contributed by atoms with Gasteiger partial charge in [0.25, 0.3) is 0 Å². The average molecular weight is 241 g/mol. The monoisotopic (exact) mass is 240 g/mol. The molecule has 1 aromatic rings. The fraction of sp³-hybridized carbons (Fsp3) is 0.400. The quantitative estimate of drug-likeness (QED) is 0.455. The Balaban J connectivity index is 1.99. The molecule has 0 bridgehead atoms. The molecule has 0 N–H and O–H groups in total. The molecule has 0 spiro atoms. The third kappa shape index (κ3) is 2.27. The number of hydrogen-bond donors (Lipinski definition) is 0. The van der Waals surface area contributed by atoms with Crippen LogP contribution in [-0.4, -0.2) is 24.0 Å². The molecule has 0 aromatic heterocycles. The van der Waals surface area contributed by atoms with Crippen LogP contribution in [0, 0.1) is 5.82 Å². The standard InChI is InChI=1S/C10H10ClFN4/c11-9-2-1-3-10(12)8(9)6-16-4-7(5-16)14-15-13/h1-3,7H,4-6H2. The van der Waals surface area contributed by atoms with Crippen molar-refractivity contribution >= 4 is 11.6 Å². The van der Waals surface area contributed by atoms with Crippen molar-refractivity contribution < 1.29 is 4.39 Å². The largest absolute Gasteiger partial charge is 0.298 e. The van der Waals surface area contributed by atoms with Crippen molar-refractivity contribution in [1.29, 1.82) is 0 Å². The van der Waals surface area contributed by atoms with Crippen LogP contribution < -0.4 is 0 Å². The maximum absolute atomic E-state index is 13.4. The van der Waals surface area contributed by atoms with E-state index in [2.05, 4.69) is 10.0 Å². The molecule has 6 heteroatoms. The van der Waals surface area contributed by atoms with E-state index in [1.807, 2.05) is 4.90 Å². The number of nitrogens with zero attached hydrogens (tertiary/aromatic N) is 4. The van der Waals surface area contributed by atoms with Crippen LogP contribution in [0.5, 0.6) is 0 Å². The highest BCUT2D eigenvalue weighted by Crippen LogP contribution is 2.23. The highest BCUT2D eigenvalue weighted by molar-refractivity contribution is 6.31. The van der Waals surface area contributed by atoms with Crippen LogP contribution in [0.1, 0.15) is 5.56 Å². The van der Waals surface area contributed by atoms with Gasteiger partial charge in [0.2, 0.25) is 0 Å². The summed E-state index contributed by atoms with van der Waals surface area (Å²) in [5, 5.41) is 4.02. The molecule has 1 saturated heterocycles. The van der Waals surface area contributed by atoms with E-state index in [0.29, 0.717) is 30.2 Å². The Labute approximate surface area is 97.2 Å². The first-order chi connectivity index (χ1) is 7.70. The van der Waals surface area contributed by atoms with E-state index in [4.69, 9.17) is 17.1 Å². The van der Waals surface area contributed by atoms with Crippen LogP contribution in [0.2, 0.25) is 5.02 Å². The second-order valence-electron chi connectivity index (χ2n) is 3.75. The summed E-state index contributed by atoms with van der Waals surface area (Å²) in [7, 11) is 0. The van der Waals surface area contributed by atoms with E-state index in [-0.39, 0.29) is 11.9 Å². The maximum Gasteiger partial charge on any atom is 0.129 e. The van der Waals surface area contributed by atoms with E-state index < -0.39 is 0 Å².